The molecular formula is C20H26ClFN2O3. The molecule has 148 valence electrons. The minimum atomic E-state index is -1.37. The molecule has 0 saturated carbocycles. The van der Waals surface area contributed by atoms with E-state index in [1.807, 2.05) is 0 Å². The molecule has 27 heavy (non-hydrogen) atoms. The summed E-state index contributed by atoms with van der Waals surface area (Å²) in [6.07, 6.45) is 2.41. The first-order chi connectivity index (χ1) is 12.6. The fourth-order valence-electron chi connectivity index (χ4n) is 3.72. The SMILES string of the molecule is CC(C)(O)CN1CCC(F)(CCC(=O)c2cc(Cl)c(N)c3ccoc23)CC1. The van der Waals surface area contributed by atoms with Gasteiger partial charge >= 0.3 is 0 Å². The first kappa shape index (κ1) is 20.1. The van der Waals surface area contributed by atoms with Crippen LogP contribution in [0.25, 0.3) is 11.0 Å². The van der Waals surface area contributed by atoms with Crippen molar-refractivity contribution in [3.8, 4) is 0 Å². The van der Waals surface area contributed by atoms with Crippen molar-refractivity contribution < 1.29 is 18.7 Å². The largest absolute Gasteiger partial charge is 0.463 e. The highest BCUT2D eigenvalue weighted by molar-refractivity contribution is 6.35. The van der Waals surface area contributed by atoms with Crippen molar-refractivity contribution in [1.82, 2.24) is 4.90 Å². The third-order valence-electron chi connectivity index (χ3n) is 5.19. The van der Waals surface area contributed by atoms with Crippen molar-refractivity contribution in [3.63, 3.8) is 0 Å². The number of likely N-dealkylation sites (tertiary alicyclic amines) is 1. The molecule has 0 aliphatic carbocycles. The molecule has 5 nitrogen and oxygen atoms in total. The molecule has 3 rings (SSSR count). The molecule has 2 heterocycles. The van der Waals surface area contributed by atoms with E-state index < -0.39 is 11.3 Å². The van der Waals surface area contributed by atoms with E-state index in [1.165, 1.54) is 12.3 Å². The van der Waals surface area contributed by atoms with E-state index in [0.717, 1.165) is 0 Å². The third-order valence-corrected chi connectivity index (χ3v) is 5.50. The van der Waals surface area contributed by atoms with Crippen LogP contribution in [-0.2, 0) is 0 Å². The Kier molecular flexibility index (Phi) is 5.52. The quantitative estimate of drug-likeness (QED) is 0.564. The molecule has 1 aromatic carbocycles. The van der Waals surface area contributed by atoms with Crippen molar-refractivity contribution >= 4 is 34.0 Å². The van der Waals surface area contributed by atoms with Gasteiger partial charge in [0.1, 0.15) is 11.3 Å². The minimum absolute atomic E-state index is 0.0814. The highest BCUT2D eigenvalue weighted by atomic mass is 35.5. The number of rotatable bonds is 6. The van der Waals surface area contributed by atoms with Gasteiger partial charge in [-0.05, 0) is 45.2 Å². The van der Waals surface area contributed by atoms with Gasteiger partial charge in [-0.15, -0.1) is 0 Å². The number of aliphatic hydroxyl groups is 1. The molecule has 7 heteroatoms. The van der Waals surface area contributed by atoms with E-state index in [4.69, 9.17) is 21.8 Å². The Morgan fingerprint density at radius 2 is 2.11 bits per heavy atom. The summed E-state index contributed by atoms with van der Waals surface area (Å²) in [7, 11) is 0. The summed E-state index contributed by atoms with van der Waals surface area (Å²) >= 11 is 6.12. The second-order valence-electron chi connectivity index (χ2n) is 8.15. The number of carbonyl (C=O) groups excluding carboxylic acids is 1. The topological polar surface area (TPSA) is 79.7 Å². The average Bonchev–Trinajstić information content (AvgIpc) is 3.07. The van der Waals surface area contributed by atoms with Crippen LogP contribution in [-0.4, -0.2) is 46.7 Å². The number of alkyl halides is 1. The zero-order valence-electron chi connectivity index (χ0n) is 15.7. The van der Waals surface area contributed by atoms with E-state index >= 15 is 4.39 Å². The number of carbonyl (C=O) groups is 1. The van der Waals surface area contributed by atoms with Crippen LogP contribution in [0.5, 0.6) is 0 Å². The van der Waals surface area contributed by atoms with Crippen molar-refractivity contribution in [1.29, 1.82) is 0 Å². The number of anilines is 1. The smallest absolute Gasteiger partial charge is 0.166 e. The Morgan fingerprint density at radius 1 is 1.44 bits per heavy atom. The number of furan rings is 1. The van der Waals surface area contributed by atoms with Gasteiger partial charge in [0.15, 0.2) is 5.78 Å². The van der Waals surface area contributed by atoms with Crippen molar-refractivity contribution in [2.45, 2.75) is 50.8 Å². The number of nitrogens with two attached hydrogens (primary N) is 1. The van der Waals surface area contributed by atoms with Gasteiger partial charge < -0.3 is 20.2 Å². The third kappa shape index (κ3) is 4.62. The maximum Gasteiger partial charge on any atom is 0.166 e. The molecule has 3 N–H and O–H groups in total. The van der Waals surface area contributed by atoms with Crippen molar-refractivity contribution in [2.75, 3.05) is 25.4 Å². The first-order valence-electron chi connectivity index (χ1n) is 9.20. The van der Waals surface area contributed by atoms with Gasteiger partial charge in [0.2, 0.25) is 0 Å². The summed E-state index contributed by atoms with van der Waals surface area (Å²) in [6, 6.07) is 3.17. The summed E-state index contributed by atoms with van der Waals surface area (Å²) < 4.78 is 20.5. The van der Waals surface area contributed by atoms with Crippen molar-refractivity contribution in [2.24, 2.45) is 0 Å². The number of Topliss-reactive ketones (excluding diaryl/α,β-unsaturated/α-hetero) is 1. The Labute approximate surface area is 163 Å². The first-order valence-corrected chi connectivity index (χ1v) is 9.58. The summed E-state index contributed by atoms with van der Waals surface area (Å²) in [5, 5.41) is 10.8. The lowest BCUT2D eigenvalue weighted by atomic mass is 9.86. The van der Waals surface area contributed by atoms with Crippen LogP contribution in [0, 0.1) is 0 Å². The molecular weight excluding hydrogens is 371 g/mol. The molecule has 0 atom stereocenters. The van der Waals surface area contributed by atoms with E-state index in [1.54, 1.807) is 19.9 Å². The molecule has 0 unspecified atom stereocenters. The molecule has 0 amide bonds. The van der Waals surface area contributed by atoms with Gasteiger partial charge in [-0.2, -0.15) is 0 Å². The molecule has 1 aromatic heterocycles. The maximum atomic E-state index is 15.1. The number of hydrogen-bond acceptors (Lipinski definition) is 5. The Morgan fingerprint density at radius 3 is 2.74 bits per heavy atom. The van der Waals surface area contributed by atoms with Crippen LogP contribution in [0.2, 0.25) is 5.02 Å². The number of β-amino-alcohol motifs (C(OH)–C–C–N with tert-alkyl or cyclic N) is 1. The number of hydrogen-bond donors (Lipinski definition) is 2. The summed E-state index contributed by atoms with van der Waals surface area (Å²) in [5.41, 5.74) is 4.86. The van der Waals surface area contributed by atoms with Crippen LogP contribution < -0.4 is 5.73 Å². The van der Waals surface area contributed by atoms with Gasteiger partial charge in [-0.1, -0.05) is 11.6 Å². The maximum absolute atomic E-state index is 15.1. The Bertz CT molecular complexity index is 836. The fourth-order valence-corrected chi connectivity index (χ4v) is 3.93. The average molecular weight is 397 g/mol. The zero-order chi connectivity index (χ0) is 19.8. The van der Waals surface area contributed by atoms with Gasteiger partial charge in [0.05, 0.1) is 28.1 Å². The monoisotopic (exact) mass is 396 g/mol. The lowest BCUT2D eigenvalue weighted by Gasteiger charge is -2.38. The molecule has 1 fully saturated rings. The van der Waals surface area contributed by atoms with E-state index in [0.29, 0.717) is 59.7 Å². The van der Waals surface area contributed by atoms with E-state index in [2.05, 4.69) is 4.90 Å². The van der Waals surface area contributed by atoms with Gasteiger partial charge in [0.25, 0.3) is 0 Å². The second kappa shape index (κ2) is 7.41. The van der Waals surface area contributed by atoms with Crippen LogP contribution >= 0.6 is 11.6 Å². The van der Waals surface area contributed by atoms with Gasteiger partial charge in [-0.25, -0.2) is 4.39 Å². The number of ketones is 1. The predicted octanol–water partition coefficient (Wildman–Crippen LogP) is 4.21. The number of benzene rings is 1. The van der Waals surface area contributed by atoms with E-state index in [-0.39, 0.29) is 18.6 Å². The molecule has 2 aromatic rings. The number of nitrogen functional groups attached to an aromatic ring is 1. The predicted molar refractivity (Wildman–Crippen MR) is 105 cm³/mol. The standard InChI is InChI=1S/C20H26ClFN2O3/c1-19(2,26)12-24-8-6-20(22,7-9-24)5-3-16(25)14-11-15(21)17(23)13-4-10-27-18(13)14/h4,10-11,26H,3,5-9,12,23H2,1-2H3. The van der Waals surface area contributed by atoms with Crippen LogP contribution in [0.15, 0.2) is 22.8 Å². The molecule has 1 saturated heterocycles. The van der Waals surface area contributed by atoms with Crippen LogP contribution in [0.4, 0.5) is 10.1 Å². The van der Waals surface area contributed by atoms with Gasteiger partial charge in [-0.3, -0.25) is 4.79 Å². The highest BCUT2D eigenvalue weighted by Crippen LogP contribution is 2.35. The molecule has 0 bridgehead atoms. The highest BCUT2D eigenvalue weighted by Gasteiger charge is 2.36. The fraction of sp³-hybridized carbons (Fsp3) is 0.550. The lowest BCUT2D eigenvalue weighted by Crippen LogP contribution is -2.47. The summed E-state index contributed by atoms with van der Waals surface area (Å²) in [4.78, 5) is 14.7. The number of fused-ring (bicyclic) bond motifs is 1. The van der Waals surface area contributed by atoms with Gasteiger partial charge in [0, 0.05) is 31.4 Å². The Balaban J connectivity index is 1.63. The van der Waals surface area contributed by atoms with Crippen LogP contribution in [0.1, 0.15) is 49.9 Å². The van der Waals surface area contributed by atoms with Crippen molar-refractivity contribution in [3.05, 3.63) is 29.0 Å². The lowest BCUT2D eigenvalue weighted by molar-refractivity contribution is -0.00366. The molecule has 0 spiro atoms. The number of halogens is 2. The Hall–Kier alpha value is -1.63. The zero-order valence-corrected chi connectivity index (χ0v) is 16.5. The number of piperidine rings is 1. The minimum Gasteiger partial charge on any atom is -0.463 e. The summed E-state index contributed by atoms with van der Waals surface area (Å²) in [5.74, 6) is -0.201. The number of nitrogens with zero attached hydrogens (tertiary/aromatic N) is 1. The van der Waals surface area contributed by atoms with E-state index in [9.17, 15) is 9.90 Å². The molecule has 1 aliphatic heterocycles. The summed E-state index contributed by atoms with van der Waals surface area (Å²) in [6.45, 7) is 5.16. The normalized spacial score (nSPS) is 18.1. The molecule has 0 radical (unpaired) electrons. The van der Waals surface area contributed by atoms with Crippen LogP contribution in [0.3, 0.4) is 0 Å². The second-order valence-corrected chi connectivity index (χ2v) is 8.55. The molecule has 1 aliphatic rings.